The van der Waals surface area contributed by atoms with Crippen LogP contribution in [0.15, 0.2) is 34.8 Å². The number of halogens is 1. The zero-order chi connectivity index (χ0) is 18.6. The Hall–Kier alpha value is -2.81. The molecule has 132 valence electrons. The number of rotatable bonds is 6. The van der Waals surface area contributed by atoms with Gasteiger partial charge >= 0.3 is 0 Å². The first-order chi connectivity index (χ1) is 11.9. The number of hydrogen-bond acceptors (Lipinski definition) is 6. The van der Waals surface area contributed by atoms with Gasteiger partial charge in [-0.1, -0.05) is 0 Å². The SMILES string of the molecule is COc1cc(C(=O)Nc2ccc([N+](=O)[O-])cc2Br)cc(OC)c1OC. The standard InChI is InChI=1S/C16H15BrN2O6/c1-23-13-6-9(7-14(24-2)15(13)25-3)16(20)18-12-5-4-10(19(21)22)8-11(12)17/h4-8H,1-3H3,(H,18,20). The van der Waals surface area contributed by atoms with Crippen molar-refractivity contribution in [3.05, 3.63) is 50.5 Å². The van der Waals surface area contributed by atoms with Gasteiger partial charge in [0, 0.05) is 22.2 Å². The summed E-state index contributed by atoms with van der Waals surface area (Å²) >= 11 is 3.21. The Morgan fingerprint density at radius 3 is 2.12 bits per heavy atom. The zero-order valence-corrected chi connectivity index (χ0v) is 15.2. The van der Waals surface area contributed by atoms with Crippen LogP contribution < -0.4 is 19.5 Å². The Balaban J connectivity index is 2.34. The molecule has 0 atom stereocenters. The fraction of sp³-hybridized carbons (Fsp3) is 0.188. The highest BCUT2D eigenvalue weighted by Crippen LogP contribution is 2.38. The number of anilines is 1. The summed E-state index contributed by atoms with van der Waals surface area (Å²) in [5.41, 5.74) is 0.585. The van der Waals surface area contributed by atoms with Gasteiger partial charge in [0.25, 0.3) is 11.6 Å². The average molecular weight is 411 g/mol. The van der Waals surface area contributed by atoms with Crippen LogP contribution >= 0.6 is 15.9 Å². The number of nitrogens with zero attached hydrogens (tertiary/aromatic N) is 1. The Labute approximate surface area is 152 Å². The number of non-ortho nitro benzene ring substituents is 1. The number of methoxy groups -OCH3 is 3. The topological polar surface area (TPSA) is 99.9 Å². The van der Waals surface area contributed by atoms with E-state index in [1.807, 2.05) is 0 Å². The van der Waals surface area contributed by atoms with Crippen molar-refractivity contribution in [2.45, 2.75) is 0 Å². The third kappa shape index (κ3) is 4.00. The lowest BCUT2D eigenvalue weighted by atomic mass is 10.1. The molecule has 2 aromatic rings. The molecule has 0 saturated carbocycles. The largest absolute Gasteiger partial charge is 0.493 e. The molecular weight excluding hydrogens is 396 g/mol. The third-order valence-electron chi connectivity index (χ3n) is 3.34. The van der Waals surface area contributed by atoms with Gasteiger partial charge in [0.15, 0.2) is 11.5 Å². The molecule has 9 heteroatoms. The van der Waals surface area contributed by atoms with Crippen LogP contribution in [-0.4, -0.2) is 32.2 Å². The molecule has 0 aliphatic heterocycles. The van der Waals surface area contributed by atoms with Crippen LogP contribution in [0.25, 0.3) is 0 Å². The van der Waals surface area contributed by atoms with Crippen LogP contribution in [0.1, 0.15) is 10.4 Å². The molecule has 1 N–H and O–H groups in total. The minimum atomic E-state index is -0.518. The van der Waals surface area contributed by atoms with Crippen LogP contribution in [-0.2, 0) is 0 Å². The molecule has 0 saturated heterocycles. The second kappa shape index (κ2) is 7.84. The van der Waals surface area contributed by atoms with Crippen molar-refractivity contribution in [2.75, 3.05) is 26.6 Å². The van der Waals surface area contributed by atoms with Gasteiger partial charge in [0.2, 0.25) is 5.75 Å². The number of benzene rings is 2. The molecule has 1 amide bonds. The van der Waals surface area contributed by atoms with Crippen molar-refractivity contribution in [1.82, 2.24) is 0 Å². The molecule has 2 aromatic carbocycles. The van der Waals surface area contributed by atoms with E-state index in [1.54, 1.807) is 0 Å². The summed E-state index contributed by atoms with van der Waals surface area (Å²) in [6.07, 6.45) is 0. The highest BCUT2D eigenvalue weighted by molar-refractivity contribution is 9.10. The molecule has 0 heterocycles. The molecule has 0 fully saturated rings. The molecule has 25 heavy (non-hydrogen) atoms. The quantitative estimate of drug-likeness (QED) is 0.576. The van der Waals surface area contributed by atoms with Crippen LogP contribution in [0.2, 0.25) is 0 Å². The van der Waals surface area contributed by atoms with E-state index >= 15 is 0 Å². The van der Waals surface area contributed by atoms with Crippen molar-refractivity contribution in [2.24, 2.45) is 0 Å². The molecule has 0 unspecified atom stereocenters. The maximum absolute atomic E-state index is 12.5. The predicted octanol–water partition coefficient (Wildman–Crippen LogP) is 3.64. The van der Waals surface area contributed by atoms with Crippen molar-refractivity contribution in [3.8, 4) is 17.2 Å². The molecule has 0 aliphatic carbocycles. The molecule has 0 aromatic heterocycles. The second-order valence-electron chi connectivity index (χ2n) is 4.79. The van der Waals surface area contributed by atoms with Gasteiger partial charge in [-0.3, -0.25) is 14.9 Å². The number of nitro benzene ring substituents is 1. The Morgan fingerprint density at radius 1 is 1.08 bits per heavy atom. The summed E-state index contributed by atoms with van der Waals surface area (Å²) in [4.78, 5) is 22.8. The monoisotopic (exact) mass is 410 g/mol. The van der Waals surface area contributed by atoms with Crippen LogP contribution in [0.3, 0.4) is 0 Å². The summed E-state index contributed by atoms with van der Waals surface area (Å²) in [7, 11) is 4.37. The van der Waals surface area contributed by atoms with E-state index < -0.39 is 10.8 Å². The van der Waals surface area contributed by atoms with Gasteiger partial charge in [0.1, 0.15) is 0 Å². The minimum Gasteiger partial charge on any atom is -0.493 e. The van der Waals surface area contributed by atoms with Gasteiger partial charge in [0.05, 0.1) is 31.9 Å². The highest BCUT2D eigenvalue weighted by atomic mass is 79.9. The van der Waals surface area contributed by atoms with Gasteiger partial charge < -0.3 is 19.5 Å². The summed E-state index contributed by atoms with van der Waals surface area (Å²) in [6.45, 7) is 0. The van der Waals surface area contributed by atoms with Crippen LogP contribution in [0, 0.1) is 10.1 Å². The van der Waals surface area contributed by atoms with E-state index in [4.69, 9.17) is 14.2 Å². The van der Waals surface area contributed by atoms with Crippen LogP contribution in [0.5, 0.6) is 17.2 Å². The lowest BCUT2D eigenvalue weighted by Gasteiger charge is -2.14. The second-order valence-corrected chi connectivity index (χ2v) is 5.64. The van der Waals surface area contributed by atoms with Crippen molar-refractivity contribution < 1.29 is 23.9 Å². The Kier molecular flexibility index (Phi) is 5.81. The summed E-state index contributed by atoms with van der Waals surface area (Å²) < 4.78 is 16.0. The van der Waals surface area contributed by atoms with Crippen molar-refractivity contribution in [1.29, 1.82) is 0 Å². The first kappa shape index (κ1) is 18.5. The molecule has 0 spiro atoms. The maximum Gasteiger partial charge on any atom is 0.270 e. The van der Waals surface area contributed by atoms with Gasteiger partial charge in [-0.2, -0.15) is 0 Å². The maximum atomic E-state index is 12.5. The molecular formula is C16H15BrN2O6. The molecule has 0 bridgehead atoms. The first-order valence-corrected chi connectivity index (χ1v) is 7.75. The first-order valence-electron chi connectivity index (χ1n) is 6.96. The number of amides is 1. The highest BCUT2D eigenvalue weighted by Gasteiger charge is 2.18. The average Bonchev–Trinajstić information content (AvgIpc) is 2.61. The summed E-state index contributed by atoms with van der Waals surface area (Å²) in [6, 6.07) is 7.07. The summed E-state index contributed by atoms with van der Waals surface area (Å²) in [5, 5.41) is 13.4. The van der Waals surface area contributed by atoms with E-state index in [0.717, 1.165) is 0 Å². The molecule has 0 aliphatic rings. The fourth-order valence-electron chi connectivity index (χ4n) is 2.13. The van der Waals surface area contributed by atoms with E-state index in [9.17, 15) is 14.9 Å². The number of ether oxygens (including phenoxy) is 3. The Bertz CT molecular complexity index is 799. The lowest BCUT2D eigenvalue weighted by molar-refractivity contribution is -0.384. The minimum absolute atomic E-state index is 0.0855. The molecule has 0 radical (unpaired) electrons. The van der Waals surface area contributed by atoms with Crippen LogP contribution in [0.4, 0.5) is 11.4 Å². The Morgan fingerprint density at radius 2 is 1.68 bits per heavy atom. The molecule has 2 rings (SSSR count). The number of nitro groups is 1. The smallest absolute Gasteiger partial charge is 0.270 e. The van der Waals surface area contributed by atoms with E-state index in [1.165, 1.54) is 51.7 Å². The predicted molar refractivity (Wildman–Crippen MR) is 94.8 cm³/mol. The van der Waals surface area contributed by atoms with Crippen molar-refractivity contribution >= 4 is 33.2 Å². The van der Waals surface area contributed by atoms with Gasteiger partial charge in [-0.15, -0.1) is 0 Å². The number of carbonyl (C=O) groups excluding carboxylic acids is 1. The number of hydrogen-bond donors (Lipinski definition) is 1. The lowest BCUT2D eigenvalue weighted by Crippen LogP contribution is -2.13. The molecule has 8 nitrogen and oxygen atoms in total. The number of carbonyl (C=O) groups is 1. The van der Waals surface area contributed by atoms with Gasteiger partial charge in [-0.05, 0) is 34.1 Å². The van der Waals surface area contributed by atoms with E-state index in [0.29, 0.717) is 27.4 Å². The van der Waals surface area contributed by atoms with Gasteiger partial charge in [-0.25, -0.2) is 0 Å². The summed E-state index contributed by atoms with van der Waals surface area (Å²) in [5.74, 6) is 0.622. The van der Waals surface area contributed by atoms with E-state index in [2.05, 4.69) is 21.2 Å². The third-order valence-corrected chi connectivity index (χ3v) is 3.99. The number of nitrogens with one attached hydrogen (secondary N) is 1. The van der Waals surface area contributed by atoms with E-state index in [-0.39, 0.29) is 11.3 Å². The normalized spacial score (nSPS) is 10.1. The van der Waals surface area contributed by atoms with Crippen molar-refractivity contribution in [3.63, 3.8) is 0 Å². The fourth-order valence-corrected chi connectivity index (χ4v) is 2.59. The zero-order valence-electron chi connectivity index (χ0n) is 13.7.